The van der Waals surface area contributed by atoms with Crippen molar-refractivity contribution in [2.75, 3.05) is 0 Å². The summed E-state index contributed by atoms with van der Waals surface area (Å²) in [6.07, 6.45) is 4.81. The van der Waals surface area contributed by atoms with Gasteiger partial charge in [0.05, 0.1) is 0 Å². The van der Waals surface area contributed by atoms with Crippen molar-refractivity contribution in [1.29, 1.82) is 0 Å². The number of allylic oxidation sites excluding steroid dienone is 2. The van der Waals surface area contributed by atoms with Crippen molar-refractivity contribution in [3.05, 3.63) is 19.1 Å². The predicted octanol–water partition coefficient (Wildman–Crippen LogP) is 1.83. The van der Waals surface area contributed by atoms with Crippen molar-refractivity contribution >= 4 is 0 Å². The van der Waals surface area contributed by atoms with Crippen molar-refractivity contribution in [2.45, 2.75) is 13.8 Å². The summed E-state index contributed by atoms with van der Waals surface area (Å²) in [5.74, 6) is 0.412. The summed E-state index contributed by atoms with van der Waals surface area (Å²) in [5, 5.41) is 0. The standard InChI is InChI=1S/C6H10.2Y/c1-4-5-6(2)3;;/h5-6H,2H2,1,3H3;;/q-2;;/t6-;;/m1../s1. The van der Waals surface area contributed by atoms with Gasteiger partial charge in [-0.3, -0.25) is 6.08 Å². The van der Waals surface area contributed by atoms with Gasteiger partial charge in [-0.25, -0.2) is 0 Å². The van der Waals surface area contributed by atoms with Crippen molar-refractivity contribution in [1.82, 2.24) is 0 Å². The second kappa shape index (κ2) is 11.7. The van der Waals surface area contributed by atoms with E-state index in [4.69, 9.17) is 0 Å². The van der Waals surface area contributed by atoms with Gasteiger partial charge >= 0.3 is 0 Å². The van der Waals surface area contributed by atoms with Gasteiger partial charge in [-0.2, -0.15) is 12.8 Å². The number of hydrogen-bond donors (Lipinski definition) is 0. The SMILES string of the molecule is [CH2-][C@H](C)C=[C-]C.[Y].[Y]. The van der Waals surface area contributed by atoms with Crippen LogP contribution in [0.15, 0.2) is 6.08 Å². The first-order chi connectivity index (χ1) is 2.77. The quantitative estimate of drug-likeness (QED) is 0.631. The number of rotatable bonds is 1. The number of hydrogen-bond acceptors (Lipinski definition) is 0. The smallest absolute Gasteiger partial charge is 0 e. The van der Waals surface area contributed by atoms with Crippen molar-refractivity contribution in [3.8, 4) is 0 Å². The van der Waals surface area contributed by atoms with Crippen LogP contribution >= 0.6 is 0 Å². The first kappa shape index (κ1) is 16.5. The monoisotopic (exact) mass is 260 g/mol. The molecule has 0 fully saturated rings. The third kappa shape index (κ3) is 15.7. The van der Waals surface area contributed by atoms with E-state index < -0.39 is 0 Å². The van der Waals surface area contributed by atoms with E-state index in [0.29, 0.717) is 5.92 Å². The molecule has 0 saturated heterocycles. The fourth-order valence-corrected chi connectivity index (χ4v) is 0.285. The fourth-order valence-electron chi connectivity index (χ4n) is 0.285. The van der Waals surface area contributed by atoms with E-state index >= 15 is 0 Å². The third-order valence-electron chi connectivity index (χ3n) is 0.451. The minimum Gasteiger partial charge on any atom is -0.506 e. The second-order valence-corrected chi connectivity index (χ2v) is 1.43. The molecule has 8 heavy (non-hydrogen) atoms. The van der Waals surface area contributed by atoms with Crippen LogP contribution in [0.3, 0.4) is 0 Å². The summed E-state index contributed by atoms with van der Waals surface area (Å²) < 4.78 is 0. The molecule has 0 spiro atoms. The molecule has 42 valence electrons. The Labute approximate surface area is 103 Å². The summed E-state index contributed by atoms with van der Waals surface area (Å²) in [7, 11) is 0. The molecule has 0 aromatic carbocycles. The zero-order valence-corrected chi connectivity index (χ0v) is 11.2. The van der Waals surface area contributed by atoms with Crippen LogP contribution in [0.25, 0.3) is 0 Å². The molecule has 0 rings (SSSR count). The Morgan fingerprint density at radius 1 is 1.50 bits per heavy atom. The fraction of sp³-hybridized carbons (Fsp3) is 0.500. The van der Waals surface area contributed by atoms with Gasteiger partial charge in [-0.15, -0.1) is 0 Å². The van der Waals surface area contributed by atoms with Crippen LogP contribution in [0.2, 0.25) is 0 Å². The molecule has 0 aromatic heterocycles. The Morgan fingerprint density at radius 2 is 1.88 bits per heavy atom. The summed E-state index contributed by atoms with van der Waals surface area (Å²) in [5.41, 5.74) is 0. The van der Waals surface area contributed by atoms with Crippen LogP contribution in [0.4, 0.5) is 0 Å². The minimum absolute atomic E-state index is 0. The van der Waals surface area contributed by atoms with Gasteiger partial charge in [0.1, 0.15) is 0 Å². The Bertz CT molecular complexity index is 48.5. The Morgan fingerprint density at radius 3 is 1.88 bits per heavy atom. The summed E-state index contributed by atoms with van der Waals surface area (Å²) in [6, 6.07) is 0. The van der Waals surface area contributed by atoms with E-state index in [1.54, 1.807) is 0 Å². The molecule has 0 aliphatic rings. The summed E-state index contributed by atoms with van der Waals surface area (Å²) in [6.45, 7) is 7.61. The maximum absolute atomic E-state index is 3.71. The molecule has 1 atom stereocenters. The van der Waals surface area contributed by atoms with Crippen LogP contribution in [0.5, 0.6) is 0 Å². The van der Waals surface area contributed by atoms with Gasteiger partial charge < -0.3 is 13.0 Å². The molecule has 0 aliphatic carbocycles. The van der Waals surface area contributed by atoms with E-state index in [9.17, 15) is 0 Å². The predicted molar refractivity (Wildman–Crippen MR) is 28.0 cm³/mol. The molecular formula is C6H10Y2-2. The van der Waals surface area contributed by atoms with Crippen LogP contribution in [0.1, 0.15) is 13.8 Å². The van der Waals surface area contributed by atoms with E-state index in [1.807, 2.05) is 19.9 Å². The van der Waals surface area contributed by atoms with Gasteiger partial charge in [0, 0.05) is 65.4 Å². The molecule has 0 unspecified atom stereocenters. The molecule has 0 amide bonds. The van der Waals surface area contributed by atoms with E-state index in [1.165, 1.54) is 0 Å². The first-order valence-corrected chi connectivity index (χ1v) is 2.11. The summed E-state index contributed by atoms with van der Waals surface area (Å²) >= 11 is 0. The molecule has 0 saturated carbocycles. The molecule has 0 aromatic rings. The normalized spacial score (nSPS) is 11.9. The van der Waals surface area contributed by atoms with Gasteiger partial charge in [-0.1, -0.05) is 6.92 Å². The first-order valence-electron chi connectivity index (χ1n) is 2.11. The van der Waals surface area contributed by atoms with Crippen LogP contribution in [-0.2, 0) is 65.4 Å². The van der Waals surface area contributed by atoms with Gasteiger partial charge in [0.25, 0.3) is 0 Å². The Hall–Kier alpha value is 1.95. The molecule has 0 bridgehead atoms. The van der Waals surface area contributed by atoms with Crippen molar-refractivity contribution in [3.63, 3.8) is 0 Å². The molecule has 0 N–H and O–H groups in total. The van der Waals surface area contributed by atoms with Gasteiger partial charge in [0.15, 0.2) is 0 Å². The largest absolute Gasteiger partial charge is 0.506 e. The van der Waals surface area contributed by atoms with Crippen LogP contribution in [0, 0.1) is 18.9 Å². The molecule has 0 heterocycles. The van der Waals surface area contributed by atoms with Crippen molar-refractivity contribution < 1.29 is 65.4 Å². The maximum atomic E-state index is 3.71. The molecule has 2 heteroatoms. The van der Waals surface area contributed by atoms with E-state index in [2.05, 4.69) is 13.0 Å². The van der Waals surface area contributed by atoms with Crippen LogP contribution in [-0.4, -0.2) is 0 Å². The zero-order chi connectivity index (χ0) is 4.99. The van der Waals surface area contributed by atoms with Gasteiger partial charge in [0.2, 0.25) is 0 Å². The minimum atomic E-state index is 0. The van der Waals surface area contributed by atoms with Crippen LogP contribution < -0.4 is 0 Å². The molecule has 0 nitrogen and oxygen atoms in total. The third-order valence-corrected chi connectivity index (χ3v) is 0.451. The summed E-state index contributed by atoms with van der Waals surface area (Å²) in [4.78, 5) is 0. The molecule has 0 aliphatic heterocycles. The maximum Gasteiger partial charge on any atom is 0 e. The average Bonchev–Trinajstić information content (AvgIpc) is 1.35. The van der Waals surface area contributed by atoms with E-state index in [0.717, 1.165) is 0 Å². The topological polar surface area (TPSA) is 0 Å². The second-order valence-electron chi connectivity index (χ2n) is 1.43. The Balaban J connectivity index is -0.000000125. The molecule has 2 radical (unpaired) electrons. The van der Waals surface area contributed by atoms with E-state index in [-0.39, 0.29) is 65.4 Å². The van der Waals surface area contributed by atoms with Gasteiger partial charge in [-0.05, 0) is 0 Å². The molecular weight excluding hydrogens is 250 g/mol. The average molecular weight is 260 g/mol. The zero-order valence-electron chi connectivity index (χ0n) is 5.52. The van der Waals surface area contributed by atoms with Crippen molar-refractivity contribution in [2.24, 2.45) is 5.92 Å². The Kier molecular flexibility index (Phi) is 24.1.